The van der Waals surface area contributed by atoms with Crippen LogP contribution in [0.3, 0.4) is 0 Å². The minimum Gasteiger partial charge on any atom is -0.490 e. The fourth-order valence-electron chi connectivity index (χ4n) is 2.74. The van der Waals surface area contributed by atoms with Crippen LogP contribution in [0.2, 0.25) is 0 Å². The van der Waals surface area contributed by atoms with Gasteiger partial charge in [-0.15, -0.1) is 0 Å². The van der Waals surface area contributed by atoms with Crippen LogP contribution in [0.25, 0.3) is 21.8 Å². The van der Waals surface area contributed by atoms with Gasteiger partial charge in [-0.05, 0) is 18.2 Å². The van der Waals surface area contributed by atoms with Crippen LogP contribution in [0.1, 0.15) is 20.8 Å². The summed E-state index contributed by atoms with van der Waals surface area (Å²) in [6, 6.07) is 7.86. The normalized spacial score (nSPS) is 12.1. The Morgan fingerprint density at radius 3 is 2.64 bits per heavy atom. The highest BCUT2D eigenvalue weighted by Crippen LogP contribution is 2.31. The van der Waals surface area contributed by atoms with Crippen molar-refractivity contribution in [3.8, 4) is 5.75 Å². The highest BCUT2D eigenvalue weighted by atomic mass is 16.5. The molecule has 0 saturated carbocycles. The topological polar surface area (TPSA) is 117 Å². The molecule has 28 heavy (non-hydrogen) atoms. The zero-order valence-corrected chi connectivity index (χ0v) is 16.5. The Morgan fingerprint density at radius 1 is 1.32 bits per heavy atom. The number of benzene rings is 1. The smallest absolute Gasteiger partial charge is 0.300 e. The maximum Gasteiger partial charge on any atom is 0.300 e. The Kier molecular flexibility index (Phi) is 7.19. The van der Waals surface area contributed by atoms with E-state index < -0.39 is 12.1 Å². The van der Waals surface area contributed by atoms with Crippen molar-refractivity contribution in [2.75, 3.05) is 13.2 Å². The standard InChI is InChI=1S/C18H23N3O3.C2H4O2/c1-11(2)19-9-12(22)10-24-15-6-4-5-14-16(15)13-7-8-21(3)18(23)17(13)20-14;1-2(3)4/h4-8,11-12,19-20,22H,9-10H2,1-3H3;1H3,(H,3,4). The predicted molar refractivity (Wildman–Crippen MR) is 109 cm³/mol. The first-order chi connectivity index (χ1) is 13.2. The number of aliphatic carboxylic acids is 1. The number of H-pyrrole nitrogens is 1. The van der Waals surface area contributed by atoms with E-state index in [1.54, 1.807) is 17.8 Å². The van der Waals surface area contributed by atoms with Gasteiger partial charge in [0.25, 0.3) is 11.5 Å². The zero-order valence-electron chi connectivity index (χ0n) is 16.5. The molecule has 1 unspecified atom stereocenters. The lowest BCUT2D eigenvalue weighted by atomic mass is 10.1. The summed E-state index contributed by atoms with van der Waals surface area (Å²) in [5, 5.41) is 22.3. The van der Waals surface area contributed by atoms with Gasteiger partial charge in [0, 0.05) is 43.5 Å². The number of hydrogen-bond donors (Lipinski definition) is 4. The van der Waals surface area contributed by atoms with Crippen LogP contribution in [-0.2, 0) is 11.8 Å². The Morgan fingerprint density at radius 2 is 2.00 bits per heavy atom. The molecule has 0 fully saturated rings. The summed E-state index contributed by atoms with van der Waals surface area (Å²) < 4.78 is 7.37. The molecule has 4 N–H and O–H groups in total. The highest BCUT2D eigenvalue weighted by molar-refractivity contribution is 6.10. The van der Waals surface area contributed by atoms with Crippen molar-refractivity contribution in [1.29, 1.82) is 0 Å². The largest absolute Gasteiger partial charge is 0.490 e. The third kappa shape index (κ3) is 5.34. The van der Waals surface area contributed by atoms with Gasteiger partial charge in [-0.25, -0.2) is 0 Å². The molecule has 3 aromatic rings. The molecule has 0 aliphatic heterocycles. The number of fused-ring (bicyclic) bond motifs is 3. The SMILES string of the molecule is CC(=O)O.CC(C)NCC(O)COc1cccc2[nH]c3c(=O)n(C)ccc3c12. The van der Waals surface area contributed by atoms with Gasteiger partial charge in [-0.3, -0.25) is 9.59 Å². The maximum atomic E-state index is 12.3. The van der Waals surface area contributed by atoms with Crippen LogP contribution < -0.4 is 15.6 Å². The Bertz CT molecular complexity index is 1000. The van der Waals surface area contributed by atoms with Gasteiger partial charge in [0.1, 0.15) is 24.0 Å². The van der Waals surface area contributed by atoms with Crippen molar-refractivity contribution in [2.24, 2.45) is 7.05 Å². The lowest BCUT2D eigenvalue weighted by Crippen LogP contribution is -2.35. The van der Waals surface area contributed by atoms with Crippen LogP contribution in [-0.4, -0.2) is 51.0 Å². The van der Waals surface area contributed by atoms with Gasteiger partial charge in [0.15, 0.2) is 0 Å². The number of carboxylic acids is 1. The molecule has 8 heteroatoms. The lowest BCUT2D eigenvalue weighted by Gasteiger charge is -2.15. The molecule has 8 nitrogen and oxygen atoms in total. The van der Waals surface area contributed by atoms with E-state index in [9.17, 15) is 9.90 Å². The van der Waals surface area contributed by atoms with Gasteiger partial charge in [0.2, 0.25) is 0 Å². The summed E-state index contributed by atoms with van der Waals surface area (Å²) in [4.78, 5) is 24.4. The molecule has 152 valence electrons. The molecule has 0 saturated heterocycles. The fraction of sp³-hybridized carbons (Fsp3) is 0.400. The van der Waals surface area contributed by atoms with Crippen LogP contribution in [0, 0.1) is 0 Å². The first kappa shape index (κ1) is 21.5. The van der Waals surface area contributed by atoms with Gasteiger partial charge >= 0.3 is 0 Å². The second kappa shape index (κ2) is 9.38. The van der Waals surface area contributed by atoms with E-state index in [1.807, 2.05) is 38.1 Å². The van der Waals surface area contributed by atoms with E-state index in [1.165, 1.54) is 0 Å². The third-order valence-electron chi connectivity index (χ3n) is 4.02. The molecule has 0 aliphatic rings. The molecule has 0 aliphatic carbocycles. The number of aromatic nitrogens is 2. The number of aryl methyl sites for hydroxylation is 1. The molecule has 1 aromatic carbocycles. The molecule has 1 atom stereocenters. The summed E-state index contributed by atoms with van der Waals surface area (Å²) in [6.45, 7) is 5.81. The van der Waals surface area contributed by atoms with E-state index >= 15 is 0 Å². The number of aromatic amines is 1. The summed E-state index contributed by atoms with van der Waals surface area (Å²) in [5.74, 6) is -0.171. The average molecular weight is 389 g/mol. The number of ether oxygens (including phenoxy) is 1. The minimum absolute atomic E-state index is 0.0733. The molecule has 0 spiro atoms. The molecule has 0 amide bonds. The van der Waals surface area contributed by atoms with E-state index in [0.29, 0.717) is 23.9 Å². The molecule has 2 heterocycles. The molecule has 0 bridgehead atoms. The second-order valence-electron chi connectivity index (χ2n) is 6.87. The number of rotatable bonds is 6. The molecule has 2 aromatic heterocycles. The summed E-state index contributed by atoms with van der Waals surface area (Å²) in [6.07, 6.45) is 1.15. The third-order valence-corrected chi connectivity index (χ3v) is 4.02. The van der Waals surface area contributed by atoms with Crippen molar-refractivity contribution in [1.82, 2.24) is 14.9 Å². The van der Waals surface area contributed by atoms with Crippen molar-refractivity contribution >= 4 is 27.8 Å². The minimum atomic E-state index is -0.833. The summed E-state index contributed by atoms with van der Waals surface area (Å²) in [5.41, 5.74) is 1.34. The van der Waals surface area contributed by atoms with Gasteiger partial charge in [0.05, 0.1) is 5.52 Å². The quantitative estimate of drug-likeness (QED) is 0.511. The van der Waals surface area contributed by atoms with Crippen LogP contribution in [0.15, 0.2) is 35.3 Å². The average Bonchev–Trinajstić information content (AvgIpc) is 3.01. The second-order valence-corrected chi connectivity index (χ2v) is 6.87. The van der Waals surface area contributed by atoms with Crippen molar-refractivity contribution in [3.63, 3.8) is 0 Å². The zero-order chi connectivity index (χ0) is 20.8. The van der Waals surface area contributed by atoms with Crippen LogP contribution in [0.5, 0.6) is 5.75 Å². The van der Waals surface area contributed by atoms with Crippen molar-refractivity contribution < 1.29 is 19.7 Å². The number of nitrogens with zero attached hydrogens (tertiary/aromatic N) is 1. The van der Waals surface area contributed by atoms with Crippen LogP contribution >= 0.6 is 0 Å². The van der Waals surface area contributed by atoms with Crippen LogP contribution in [0.4, 0.5) is 0 Å². The summed E-state index contributed by atoms with van der Waals surface area (Å²) >= 11 is 0. The number of pyridine rings is 1. The van der Waals surface area contributed by atoms with E-state index in [0.717, 1.165) is 23.2 Å². The van der Waals surface area contributed by atoms with Crippen molar-refractivity contribution in [3.05, 3.63) is 40.8 Å². The Balaban J connectivity index is 0.000000640. The number of nitrogens with one attached hydrogen (secondary N) is 2. The lowest BCUT2D eigenvalue weighted by molar-refractivity contribution is -0.134. The first-order valence-corrected chi connectivity index (χ1v) is 9.04. The first-order valence-electron chi connectivity index (χ1n) is 9.04. The van der Waals surface area contributed by atoms with Gasteiger partial charge in [-0.2, -0.15) is 0 Å². The van der Waals surface area contributed by atoms with Crippen molar-refractivity contribution in [2.45, 2.75) is 32.9 Å². The monoisotopic (exact) mass is 389 g/mol. The molecule has 0 radical (unpaired) electrons. The summed E-state index contributed by atoms with van der Waals surface area (Å²) in [7, 11) is 1.72. The number of hydrogen-bond acceptors (Lipinski definition) is 5. The molecular formula is C20H27N3O5. The fourth-order valence-corrected chi connectivity index (χ4v) is 2.74. The van der Waals surface area contributed by atoms with Gasteiger partial charge < -0.3 is 29.8 Å². The Hall–Kier alpha value is -2.84. The highest BCUT2D eigenvalue weighted by Gasteiger charge is 2.14. The molecule has 3 rings (SSSR count). The number of carboxylic acid groups (broad SMARTS) is 1. The van der Waals surface area contributed by atoms with E-state index in [2.05, 4.69) is 10.3 Å². The Labute approximate surface area is 162 Å². The maximum absolute atomic E-state index is 12.3. The predicted octanol–water partition coefficient (Wildman–Crippen LogP) is 1.85. The number of carbonyl (C=O) groups is 1. The molecular weight excluding hydrogens is 362 g/mol. The number of aliphatic hydroxyl groups is 1. The number of aliphatic hydroxyl groups excluding tert-OH is 1. The van der Waals surface area contributed by atoms with E-state index in [4.69, 9.17) is 14.6 Å². The van der Waals surface area contributed by atoms with E-state index in [-0.39, 0.29) is 12.2 Å². The van der Waals surface area contributed by atoms with Gasteiger partial charge in [-0.1, -0.05) is 19.9 Å².